The molecule has 2 heterocycles. The molecule has 2 aromatic carbocycles. The number of hydrogen-bond donors (Lipinski definition) is 5. The van der Waals surface area contributed by atoms with Gasteiger partial charge in [-0.2, -0.15) is 0 Å². The summed E-state index contributed by atoms with van der Waals surface area (Å²) in [5.41, 5.74) is 1.14. The molecule has 0 spiro atoms. The fourth-order valence-electron chi connectivity index (χ4n) is 5.11. The smallest absolute Gasteiger partial charge is 0.319 e. The van der Waals surface area contributed by atoms with Crippen LogP contribution in [0.2, 0.25) is 0 Å². The van der Waals surface area contributed by atoms with Crippen LogP contribution in [0.5, 0.6) is 0 Å². The number of para-hydroxylation sites is 1. The molecule has 2 saturated heterocycles. The van der Waals surface area contributed by atoms with Gasteiger partial charge in [-0.3, -0.25) is 19.2 Å². The van der Waals surface area contributed by atoms with Gasteiger partial charge in [-0.15, -0.1) is 0 Å². The number of ether oxygens (including phenoxy) is 2. The zero-order valence-electron chi connectivity index (χ0n) is 24.6. The van der Waals surface area contributed by atoms with Gasteiger partial charge in [0, 0.05) is 36.9 Å². The number of hydrogen-bond acceptors (Lipinski definition) is 7. The molecule has 0 bridgehead atoms. The van der Waals surface area contributed by atoms with Crippen molar-refractivity contribution in [2.45, 2.75) is 43.8 Å². The van der Waals surface area contributed by atoms with Crippen molar-refractivity contribution in [1.29, 1.82) is 0 Å². The van der Waals surface area contributed by atoms with Crippen LogP contribution in [0.25, 0.3) is 0 Å². The highest BCUT2D eigenvalue weighted by molar-refractivity contribution is 5.95. The number of amides is 6. The molecule has 3 atom stereocenters. The van der Waals surface area contributed by atoms with Crippen molar-refractivity contribution in [3.8, 4) is 0 Å². The number of benzene rings is 2. The summed E-state index contributed by atoms with van der Waals surface area (Å²) in [5, 5.41) is 14.1. The Labute approximate surface area is 256 Å². The fraction of sp³-hybridized carbons (Fsp3) is 0.452. The molecule has 13 nitrogen and oxygen atoms in total. The minimum absolute atomic E-state index is 0.107. The van der Waals surface area contributed by atoms with Crippen LogP contribution in [0, 0.1) is 0 Å². The lowest BCUT2D eigenvalue weighted by molar-refractivity contribution is -0.142. The van der Waals surface area contributed by atoms with Gasteiger partial charge in [0.2, 0.25) is 17.7 Å². The maximum atomic E-state index is 13.9. The second-order valence-electron chi connectivity index (χ2n) is 10.6. The van der Waals surface area contributed by atoms with Crippen LogP contribution in [-0.2, 0) is 23.9 Å². The van der Waals surface area contributed by atoms with E-state index in [0.29, 0.717) is 30.6 Å². The average Bonchev–Trinajstić information content (AvgIpc) is 3.45. The Morgan fingerprint density at radius 2 is 1.64 bits per heavy atom. The third kappa shape index (κ3) is 10.1. The van der Waals surface area contributed by atoms with Crippen molar-refractivity contribution in [2.24, 2.45) is 0 Å². The first kappa shape index (κ1) is 32.4. The van der Waals surface area contributed by atoms with Crippen LogP contribution in [0.15, 0.2) is 60.7 Å². The molecule has 0 saturated carbocycles. The van der Waals surface area contributed by atoms with E-state index < -0.39 is 29.9 Å². The van der Waals surface area contributed by atoms with E-state index in [1.54, 1.807) is 36.4 Å². The maximum absolute atomic E-state index is 13.9. The Morgan fingerprint density at radius 1 is 0.909 bits per heavy atom. The molecular weight excluding hydrogens is 568 g/mol. The van der Waals surface area contributed by atoms with Gasteiger partial charge in [0.15, 0.2) is 0 Å². The van der Waals surface area contributed by atoms with Crippen LogP contribution in [0.3, 0.4) is 0 Å². The zero-order valence-corrected chi connectivity index (χ0v) is 24.6. The van der Waals surface area contributed by atoms with Gasteiger partial charge in [0.05, 0.1) is 19.8 Å². The molecule has 44 heavy (non-hydrogen) atoms. The van der Waals surface area contributed by atoms with Crippen molar-refractivity contribution in [3.05, 3.63) is 66.2 Å². The lowest BCUT2D eigenvalue weighted by Crippen LogP contribution is -2.54. The van der Waals surface area contributed by atoms with Crippen LogP contribution >= 0.6 is 0 Å². The standard InChI is InChI=1S/C31H40N6O7/c38-27-21-44-18-17-43-16-15-32-29(40)26-19-24(34-28(39)22-9-3-1-4-10-22)20-37(26)30(41)25(36-27)13-7-8-14-33-31(42)35-23-11-5-2-6-12-23/h1-6,9-12,24-26H,7-8,13-21H2,(H,32,40)(H,34,39)(H,36,38)(H2,33,35,42)/t24-,25-,26-/m0/s1. The van der Waals surface area contributed by atoms with Crippen molar-refractivity contribution < 1.29 is 33.4 Å². The van der Waals surface area contributed by atoms with E-state index in [-0.39, 0.29) is 70.2 Å². The monoisotopic (exact) mass is 608 g/mol. The fourth-order valence-corrected chi connectivity index (χ4v) is 5.11. The summed E-state index contributed by atoms with van der Waals surface area (Å²) in [7, 11) is 0. The molecular formula is C31H40N6O7. The number of nitrogens with zero attached hydrogens (tertiary/aromatic N) is 1. The second-order valence-corrected chi connectivity index (χ2v) is 10.6. The van der Waals surface area contributed by atoms with Gasteiger partial charge in [0.1, 0.15) is 18.7 Å². The molecule has 0 radical (unpaired) electrons. The normalized spacial score (nSPS) is 21.6. The first-order valence-corrected chi connectivity index (χ1v) is 14.9. The molecule has 0 aliphatic carbocycles. The Hall–Kier alpha value is -4.49. The van der Waals surface area contributed by atoms with E-state index in [2.05, 4.69) is 26.6 Å². The van der Waals surface area contributed by atoms with Gasteiger partial charge in [0.25, 0.3) is 5.91 Å². The Morgan fingerprint density at radius 3 is 2.41 bits per heavy atom. The summed E-state index contributed by atoms with van der Waals surface area (Å²) >= 11 is 0. The third-order valence-electron chi connectivity index (χ3n) is 7.28. The molecule has 2 fully saturated rings. The number of urea groups is 1. The van der Waals surface area contributed by atoms with Crippen molar-refractivity contribution in [3.63, 3.8) is 0 Å². The zero-order chi connectivity index (χ0) is 31.1. The summed E-state index contributed by atoms with van der Waals surface area (Å²) in [6, 6.07) is 15.2. The van der Waals surface area contributed by atoms with E-state index in [9.17, 15) is 24.0 Å². The first-order valence-electron chi connectivity index (χ1n) is 14.9. The first-order chi connectivity index (χ1) is 21.4. The molecule has 0 aromatic heterocycles. The topological polar surface area (TPSA) is 167 Å². The Kier molecular flexibility index (Phi) is 12.5. The van der Waals surface area contributed by atoms with Crippen molar-refractivity contribution >= 4 is 35.3 Å². The quantitative estimate of drug-likeness (QED) is 0.279. The predicted molar refractivity (Wildman–Crippen MR) is 162 cm³/mol. The van der Waals surface area contributed by atoms with Gasteiger partial charge in [-0.1, -0.05) is 36.4 Å². The van der Waals surface area contributed by atoms with Crippen molar-refractivity contribution in [2.75, 3.05) is 51.4 Å². The number of carbonyl (C=O) groups is 5. The van der Waals surface area contributed by atoms with Crippen LogP contribution in [0.4, 0.5) is 10.5 Å². The number of anilines is 1. The van der Waals surface area contributed by atoms with Crippen molar-refractivity contribution in [1.82, 2.24) is 26.2 Å². The SMILES string of the molecule is O=C1COCCOCCNC(=O)[C@@H]2C[C@H](NC(=O)c3ccccc3)CN2C(=O)[C@H](CCCCNC(=O)Nc2ccccc2)N1. The van der Waals surface area contributed by atoms with E-state index in [0.717, 1.165) is 0 Å². The summed E-state index contributed by atoms with van der Waals surface area (Å²) in [6.45, 7) is 1.15. The minimum Gasteiger partial charge on any atom is -0.377 e. The highest BCUT2D eigenvalue weighted by Gasteiger charge is 2.42. The lowest BCUT2D eigenvalue weighted by Gasteiger charge is -2.28. The largest absolute Gasteiger partial charge is 0.377 e. The number of fused-ring (bicyclic) bond motifs is 1. The molecule has 0 unspecified atom stereocenters. The molecule has 2 aliphatic heterocycles. The molecule has 6 amide bonds. The van der Waals surface area contributed by atoms with Crippen LogP contribution < -0.4 is 26.6 Å². The Bertz CT molecular complexity index is 1260. The minimum atomic E-state index is -0.926. The van der Waals surface area contributed by atoms with E-state index in [1.807, 2.05) is 24.3 Å². The maximum Gasteiger partial charge on any atom is 0.319 e. The highest BCUT2D eigenvalue weighted by atomic mass is 16.5. The number of carbonyl (C=O) groups excluding carboxylic acids is 5. The molecule has 4 rings (SSSR count). The number of rotatable bonds is 8. The van der Waals surface area contributed by atoms with Gasteiger partial charge >= 0.3 is 6.03 Å². The van der Waals surface area contributed by atoms with Gasteiger partial charge in [-0.05, 0) is 49.9 Å². The third-order valence-corrected chi connectivity index (χ3v) is 7.28. The number of nitrogens with one attached hydrogen (secondary N) is 5. The van der Waals surface area contributed by atoms with E-state index in [4.69, 9.17) is 9.47 Å². The molecule has 13 heteroatoms. The molecule has 236 valence electrons. The lowest BCUT2D eigenvalue weighted by atomic mass is 10.1. The molecule has 2 aromatic rings. The highest BCUT2D eigenvalue weighted by Crippen LogP contribution is 2.21. The summed E-state index contributed by atoms with van der Waals surface area (Å²) in [4.78, 5) is 66.3. The summed E-state index contributed by atoms with van der Waals surface area (Å²) in [5.74, 6) is -1.54. The van der Waals surface area contributed by atoms with E-state index in [1.165, 1.54) is 4.90 Å². The van der Waals surface area contributed by atoms with E-state index >= 15 is 0 Å². The average molecular weight is 609 g/mol. The second kappa shape index (κ2) is 17.0. The molecule has 2 aliphatic rings. The number of unbranched alkanes of at least 4 members (excludes halogenated alkanes) is 1. The summed E-state index contributed by atoms with van der Waals surface area (Å²) < 4.78 is 10.8. The predicted octanol–water partition coefficient (Wildman–Crippen LogP) is 1.03. The van der Waals surface area contributed by atoms with Gasteiger partial charge in [-0.25, -0.2) is 4.79 Å². The molecule has 5 N–H and O–H groups in total. The Balaban J connectivity index is 1.40. The van der Waals surface area contributed by atoms with Crippen LogP contribution in [0.1, 0.15) is 36.0 Å². The summed E-state index contributed by atoms with van der Waals surface area (Å²) in [6.07, 6.45) is 1.56. The van der Waals surface area contributed by atoms with Gasteiger partial charge < -0.3 is 41.0 Å². The van der Waals surface area contributed by atoms with Crippen LogP contribution in [-0.4, -0.2) is 98.7 Å².